The van der Waals surface area contributed by atoms with Crippen LogP contribution in [0.1, 0.15) is 79.1 Å². The van der Waals surface area contributed by atoms with Crippen LogP contribution in [-0.4, -0.2) is 83.4 Å². The van der Waals surface area contributed by atoms with E-state index < -0.39 is 11.6 Å². The highest BCUT2D eigenvalue weighted by atomic mass is 35.5. The third kappa shape index (κ3) is 5.41. The first kappa shape index (κ1) is 29.3. The van der Waals surface area contributed by atoms with Gasteiger partial charge >= 0.3 is 11.9 Å². The van der Waals surface area contributed by atoms with Gasteiger partial charge in [-0.3, -0.25) is 19.3 Å². The third-order valence-corrected chi connectivity index (χ3v) is 12.6. The summed E-state index contributed by atoms with van der Waals surface area (Å²) in [4.78, 5) is 40.9. The topological polar surface area (TPSA) is 87.2 Å². The first-order valence-electron chi connectivity index (χ1n) is 15.3. The van der Waals surface area contributed by atoms with Crippen LogP contribution < -0.4 is 0 Å². The number of carboxylic acids is 1. The molecule has 4 aliphatic carbocycles. The van der Waals surface area contributed by atoms with Crippen LogP contribution >= 0.6 is 11.6 Å². The molecule has 0 amide bonds. The fourth-order valence-corrected chi connectivity index (χ4v) is 10.7. The van der Waals surface area contributed by atoms with E-state index in [1.165, 1.54) is 19.3 Å². The lowest BCUT2D eigenvalue weighted by Gasteiger charge is -2.62. The van der Waals surface area contributed by atoms with Crippen LogP contribution in [-0.2, 0) is 19.1 Å². The lowest BCUT2D eigenvalue weighted by molar-refractivity contribution is -0.178. The fourth-order valence-electron chi connectivity index (χ4n) is 10.6. The lowest BCUT2D eigenvalue weighted by atomic mass is 9.44. The number of esters is 1. The molecule has 9 atom stereocenters. The minimum Gasteiger partial charge on any atom is -0.480 e. The maximum atomic E-state index is 13.2. The van der Waals surface area contributed by atoms with Crippen LogP contribution in [0.4, 0.5) is 0 Å². The molecule has 0 bridgehead atoms. The number of fused-ring (bicyclic) bond motifs is 5. The molecule has 5 fully saturated rings. The molecule has 0 aromatic carbocycles. The van der Waals surface area contributed by atoms with Crippen molar-refractivity contribution in [3.8, 4) is 0 Å². The predicted molar refractivity (Wildman–Crippen MR) is 151 cm³/mol. The van der Waals surface area contributed by atoms with Gasteiger partial charge in [0.1, 0.15) is 17.3 Å². The number of ether oxygens (including phenoxy) is 1. The van der Waals surface area contributed by atoms with Gasteiger partial charge in [-0.15, -0.1) is 11.6 Å². The van der Waals surface area contributed by atoms with E-state index in [1.807, 2.05) is 11.8 Å². The molecule has 39 heavy (non-hydrogen) atoms. The number of hydrogen-bond donors (Lipinski definition) is 1. The second-order valence-electron chi connectivity index (χ2n) is 14.5. The van der Waals surface area contributed by atoms with Gasteiger partial charge in [0.2, 0.25) is 0 Å². The summed E-state index contributed by atoms with van der Waals surface area (Å²) >= 11 is 5.76. The minimum absolute atomic E-state index is 0.0745. The van der Waals surface area contributed by atoms with Crippen LogP contribution in [0, 0.1) is 46.3 Å². The lowest BCUT2D eigenvalue weighted by Crippen LogP contribution is -2.56. The van der Waals surface area contributed by atoms with Gasteiger partial charge < -0.3 is 14.7 Å². The summed E-state index contributed by atoms with van der Waals surface area (Å²) in [5, 5.41) is 9.14. The molecule has 220 valence electrons. The number of carbonyl (C=O) groups excluding carboxylic acids is 2. The number of piperazine rings is 1. The summed E-state index contributed by atoms with van der Waals surface area (Å²) in [6.07, 6.45) is 8.80. The SMILES string of the molecule is CC(=O)[C@H]1C(CN2CCN(CC(=O)O)CC2)C[C@H]2[C@@H]3CC[C@H]4C[C@](C)(OC(=O)CCl)CC[C@]4(C)[C@H]3CC[C@]12C. The average molecular weight is 565 g/mol. The maximum Gasteiger partial charge on any atom is 0.321 e. The van der Waals surface area contributed by atoms with E-state index in [1.54, 1.807) is 0 Å². The highest BCUT2D eigenvalue weighted by Gasteiger charge is 2.64. The Balaban J connectivity index is 1.29. The monoisotopic (exact) mass is 564 g/mol. The van der Waals surface area contributed by atoms with Crippen LogP contribution in [0.2, 0.25) is 0 Å². The van der Waals surface area contributed by atoms with Crippen molar-refractivity contribution in [2.75, 3.05) is 45.1 Å². The van der Waals surface area contributed by atoms with Crippen LogP contribution in [0.25, 0.3) is 0 Å². The molecule has 1 unspecified atom stereocenters. The number of alkyl halides is 1. The van der Waals surface area contributed by atoms with Gasteiger partial charge in [0.05, 0.1) is 6.54 Å². The fraction of sp³-hybridized carbons (Fsp3) is 0.903. The Labute approximate surface area is 239 Å². The largest absolute Gasteiger partial charge is 0.480 e. The number of Topliss-reactive ketones (excluding diaryl/α,β-unsaturated/α-hetero) is 1. The van der Waals surface area contributed by atoms with E-state index in [4.69, 9.17) is 21.4 Å². The molecule has 1 saturated heterocycles. The zero-order valence-corrected chi connectivity index (χ0v) is 25.2. The number of carbonyl (C=O) groups is 3. The minimum atomic E-state index is -0.760. The first-order chi connectivity index (χ1) is 18.4. The van der Waals surface area contributed by atoms with Gasteiger partial charge in [-0.2, -0.15) is 0 Å². The summed E-state index contributed by atoms with van der Waals surface area (Å²) in [6, 6.07) is 0. The van der Waals surface area contributed by atoms with Crippen molar-refractivity contribution in [3.63, 3.8) is 0 Å². The van der Waals surface area contributed by atoms with Gasteiger partial charge in [0, 0.05) is 38.6 Å². The summed E-state index contributed by atoms with van der Waals surface area (Å²) in [6.45, 7) is 13.3. The summed E-state index contributed by atoms with van der Waals surface area (Å²) in [5.74, 6) is 2.21. The predicted octanol–water partition coefficient (Wildman–Crippen LogP) is 4.70. The molecule has 1 N–H and O–H groups in total. The van der Waals surface area contributed by atoms with Gasteiger partial charge in [-0.05, 0) is 106 Å². The van der Waals surface area contributed by atoms with E-state index >= 15 is 0 Å². The van der Waals surface area contributed by atoms with Crippen LogP contribution in [0.5, 0.6) is 0 Å². The summed E-state index contributed by atoms with van der Waals surface area (Å²) in [7, 11) is 0. The standard InChI is InChI=1S/C31H49ClN2O5/c1-20(35)28-21(18-33-11-13-34(14-12-33)19-26(36)37)15-25-23-6-5-22-16-29(2,39-27(38)17-32)9-10-30(22,3)24(23)7-8-31(25,28)4/h21-25,28H,5-19H2,1-4H3,(H,36,37)/t21?,22-,23+,24-,25-,28-,29+,30-,31-/m0/s1. The molecule has 0 radical (unpaired) electrons. The molecule has 0 spiro atoms. The second-order valence-corrected chi connectivity index (χ2v) is 14.8. The Morgan fingerprint density at radius 2 is 1.62 bits per heavy atom. The van der Waals surface area contributed by atoms with Gasteiger partial charge in [-0.1, -0.05) is 13.8 Å². The molecule has 0 aromatic rings. The molecule has 1 heterocycles. The number of hydrogen-bond acceptors (Lipinski definition) is 6. The normalized spacial score (nSPS) is 44.6. The van der Waals surface area contributed by atoms with E-state index in [0.717, 1.165) is 64.8 Å². The number of nitrogens with zero attached hydrogens (tertiary/aromatic N) is 2. The molecule has 5 aliphatic rings. The van der Waals surface area contributed by atoms with Gasteiger partial charge in [0.25, 0.3) is 0 Å². The Morgan fingerprint density at radius 3 is 2.26 bits per heavy atom. The molecule has 1 aliphatic heterocycles. The van der Waals surface area contributed by atoms with Gasteiger partial charge in [-0.25, -0.2) is 0 Å². The van der Waals surface area contributed by atoms with E-state index in [-0.39, 0.29) is 35.1 Å². The molecule has 7 nitrogen and oxygen atoms in total. The van der Waals surface area contributed by atoms with Crippen molar-refractivity contribution in [2.45, 2.75) is 84.7 Å². The molecular weight excluding hydrogens is 516 g/mol. The first-order valence-corrected chi connectivity index (χ1v) is 15.9. The average Bonchev–Trinajstić information content (AvgIpc) is 3.17. The summed E-state index contributed by atoms with van der Waals surface area (Å²) in [5.41, 5.74) is -0.0642. The highest BCUT2D eigenvalue weighted by Crippen LogP contribution is 2.69. The Kier molecular flexibility index (Phi) is 8.20. The van der Waals surface area contributed by atoms with Crippen molar-refractivity contribution in [3.05, 3.63) is 0 Å². The zero-order chi connectivity index (χ0) is 28.2. The molecule has 4 saturated carbocycles. The Hall–Kier alpha value is -1.18. The number of carboxylic acid groups (broad SMARTS) is 1. The molecule has 5 rings (SSSR count). The zero-order valence-electron chi connectivity index (χ0n) is 24.4. The smallest absolute Gasteiger partial charge is 0.321 e. The Morgan fingerprint density at radius 1 is 0.923 bits per heavy atom. The van der Waals surface area contributed by atoms with E-state index in [2.05, 4.69) is 25.7 Å². The van der Waals surface area contributed by atoms with Crippen molar-refractivity contribution >= 4 is 29.3 Å². The number of rotatable bonds is 7. The number of halogens is 1. The number of aliphatic carboxylic acids is 1. The van der Waals surface area contributed by atoms with Crippen molar-refractivity contribution in [1.82, 2.24) is 9.80 Å². The highest BCUT2D eigenvalue weighted by molar-refractivity contribution is 6.26. The third-order valence-electron chi connectivity index (χ3n) is 12.3. The van der Waals surface area contributed by atoms with Crippen molar-refractivity contribution < 1.29 is 24.2 Å². The number of ketones is 1. The van der Waals surface area contributed by atoms with Crippen molar-refractivity contribution in [1.29, 1.82) is 0 Å². The van der Waals surface area contributed by atoms with E-state index in [0.29, 0.717) is 35.4 Å². The maximum absolute atomic E-state index is 13.2. The molecule has 0 aromatic heterocycles. The quantitative estimate of drug-likeness (QED) is 0.354. The van der Waals surface area contributed by atoms with Crippen LogP contribution in [0.15, 0.2) is 0 Å². The van der Waals surface area contributed by atoms with E-state index in [9.17, 15) is 14.4 Å². The molecule has 8 heteroatoms. The Bertz CT molecular complexity index is 969. The second kappa shape index (κ2) is 10.9. The van der Waals surface area contributed by atoms with Crippen LogP contribution in [0.3, 0.4) is 0 Å². The summed E-state index contributed by atoms with van der Waals surface area (Å²) < 4.78 is 5.85. The van der Waals surface area contributed by atoms with Crippen molar-refractivity contribution in [2.24, 2.45) is 46.3 Å². The molecular formula is C31H49ClN2O5. The van der Waals surface area contributed by atoms with Gasteiger partial charge in [0.15, 0.2) is 0 Å².